The van der Waals surface area contributed by atoms with E-state index in [2.05, 4.69) is 14.8 Å². The zero-order valence-electron chi connectivity index (χ0n) is 9.82. The maximum Gasteiger partial charge on any atom is 0.461 e. The van der Waals surface area contributed by atoms with Crippen LogP contribution in [0.15, 0.2) is 24.3 Å². The van der Waals surface area contributed by atoms with Gasteiger partial charge in [0.25, 0.3) is 0 Å². The van der Waals surface area contributed by atoms with Crippen LogP contribution in [0.4, 0.5) is 22.4 Å². The average molecular weight is 316 g/mol. The summed E-state index contributed by atoms with van der Waals surface area (Å²) in [6.07, 6.45) is -9.02. The number of ether oxygens (including phenoxy) is 2. The summed E-state index contributed by atoms with van der Waals surface area (Å²) in [6, 6.07) is 4.62. The second-order valence-electron chi connectivity index (χ2n) is 3.83. The molecule has 1 fully saturated rings. The zero-order valence-corrected chi connectivity index (χ0v) is 10.6. The number of alkyl carbamates (subject to hydrolysis) is 1. The summed E-state index contributed by atoms with van der Waals surface area (Å²) in [4.78, 5) is 10.8. The number of halogens is 5. The Balaban J connectivity index is 0.00000200. The second kappa shape index (κ2) is 6.17. The summed E-state index contributed by atoms with van der Waals surface area (Å²) in [5, 5.41) is 2.49. The number of rotatable bonds is 4. The van der Waals surface area contributed by atoms with E-state index in [-0.39, 0.29) is 24.8 Å². The van der Waals surface area contributed by atoms with E-state index in [1.807, 2.05) is 0 Å². The molecule has 0 spiro atoms. The molecule has 1 atom stereocenters. The molecule has 0 aromatic heterocycles. The maximum absolute atomic E-state index is 12.6. The minimum Gasteiger partial charge on any atom is -0.447 e. The number of amides is 1. The molecule has 1 heterocycles. The van der Waals surface area contributed by atoms with E-state index >= 15 is 0 Å². The Morgan fingerprint density at radius 1 is 1.30 bits per heavy atom. The van der Waals surface area contributed by atoms with Gasteiger partial charge in [-0.25, -0.2) is 4.79 Å². The zero-order chi connectivity index (χ0) is 14.0. The highest BCUT2D eigenvalue weighted by molar-refractivity contribution is 5.85. The predicted molar refractivity (Wildman–Crippen MR) is 62.5 cm³/mol. The van der Waals surface area contributed by atoms with Gasteiger partial charge in [-0.15, -0.1) is 12.4 Å². The number of hydrogen-bond acceptors (Lipinski definition) is 3. The largest absolute Gasteiger partial charge is 0.461 e. The molecule has 9 heteroatoms. The molecule has 4 nitrogen and oxygen atoms in total. The predicted octanol–water partition coefficient (Wildman–Crippen LogP) is 3.13. The molecule has 0 unspecified atom stereocenters. The third-order valence-corrected chi connectivity index (χ3v) is 2.46. The van der Waals surface area contributed by atoms with Crippen LogP contribution in [0.1, 0.15) is 11.6 Å². The first-order chi connectivity index (χ1) is 8.88. The van der Waals surface area contributed by atoms with Gasteiger partial charge in [-0.05, 0) is 17.7 Å². The summed E-state index contributed by atoms with van der Waals surface area (Å²) in [5.41, 5.74) is 0.596. The van der Waals surface area contributed by atoms with Crippen molar-refractivity contribution in [3.8, 4) is 5.75 Å². The number of carbonyl (C=O) groups is 1. The van der Waals surface area contributed by atoms with Crippen LogP contribution in [0.25, 0.3) is 0 Å². The van der Waals surface area contributed by atoms with E-state index in [1.165, 1.54) is 12.1 Å². The van der Waals surface area contributed by atoms with E-state index < -0.39 is 24.7 Å². The van der Waals surface area contributed by atoms with Crippen molar-refractivity contribution < 1.29 is 31.8 Å². The number of cyclic esters (lactones) is 1. The third-order valence-electron chi connectivity index (χ3n) is 2.46. The van der Waals surface area contributed by atoms with E-state index in [4.69, 9.17) is 0 Å². The lowest BCUT2D eigenvalue weighted by Gasteiger charge is -2.17. The van der Waals surface area contributed by atoms with Crippen LogP contribution in [0.3, 0.4) is 0 Å². The number of alkyl halides is 4. The first-order valence-corrected chi connectivity index (χ1v) is 5.27. The summed E-state index contributed by atoms with van der Waals surface area (Å²) in [5.74, 6) is -0.390. The Labute approximate surface area is 117 Å². The molecule has 1 aromatic carbocycles. The topological polar surface area (TPSA) is 47.6 Å². The van der Waals surface area contributed by atoms with E-state index in [0.717, 1.165) is 12.1 Å². The van der Waals surface area contributed by atoms with E-state index in [0.29, 0.717) is 5.56 Å². The van der Waals surface area contributed by atoms with Crippen molar-refractivity contribution in [1.82, 2.24) is 5.32 Å². The fourth-order valence-electron chi connectivity index (χ4n) is 1.53. The maximum atomic E-state index is 12.6. The van der Waals surface area contributed by atoms with Crippen molar-refractivity contribution >= 4 is 18.5 Å². The molecule has 1 N–H and O–H groups in total. The average Bonchev–Trinajstić information content (AvgIpc) is 2.76. The van der Waals surface area contributed by atoms with Crippen molar-refractivity contribution in [2.24, 2.45) is 0 Å². The molecule has 2 rings (SSSR count). The van der Waals surface area contributed by atoms with Crippen molar-refractivity contribution in [2.75, 3.05) is 6.61 Å². The van der Waals surface area contributed by atoms with Crippen LogP contribution in [-0.4, -0.2) is 25.2 Å². The summed E-state index contributed by atoms with van der Waals surface area (Å²) >= 11 is 0. The van der Waals surface area contributed by atoms with Gasteiger partial charge in [0.1, 0.15) is 12.4 Å². The van der Waals surface area contributed by atoms with Crippen LogP contribution >= 0.6 is 12.4 Å². The number of hydrogen-bond donors (Lipinski definition) is 1. The van der Waals surface area contributed by atoms with E-state index in [9.17, 15) is 22.4 Å². The third kappa shape index (κ3) is 3.66. The Morgan fingerprint density at radius 2 is 1.90 bits per heavy atom. The molecule has 0 bridgehead atoms. The molecule has 1 aromatic rings. The minimum atomic E-state index is -4.54. The smallest absolute Gasteiger partial charge is 0.447 e. The fraction of sp³-hybridized carbons (Fsp3) is 0.364. The van der Waals surface area contributed by atoms with Gasteiger partial charge in [0, 0.05) is 0 Å². The molecule has 1 aliphatic rings. The lowest BCUT2D eigenvalue weighted by molar-refractivity contribution is -0.253. The first-order valence-electron chi connectivity index (χ1n) is 5.27. The standard InChI is InChI=1S/C11H9F4NO3.ClH/c12-9(13)11(14,15)19-7-3-1-6(2-4-7)8-5-18-10(17)16-8;/h1-4,8-9H,5H2,(H,16,17);1H/t8-;/m1./s1. The molecule has 0 radical (unpaired) electrons. The molecular weight excluding hydrogens is 306 g/mol. The van der Waals surface area contributed by atoms with Crippen molar-refractivity contribution in [3.05, 3.63) is 29.8 Å². The van der Waals surface area contributed by atoms with Gasteiger partial charge in [0.2, 0.25) is 0 Å². The summed E-state index contributed by atoms with van der Waals surface area (Å²) < 4.78 is 57.7. The Bertz CT molecular complexity index is 469. The SMILES string of the molecule is Cl.O=C1N[C@@H](c2ccc(OC(F)(F)C(F)F)cc2)CO1. The number of benzene rings is 1. The molecule has 1 amide bonds. The number of nitrogens with one attached hydrogen (secondary N) is 1. The summed E-state index contributed by atoms with van der Waals surface area (Å²) in [7, 11) is 0. The fourth-order valence-corrected chi connectivity index (χ4v) is 1.53. The van der Waals surface area contributed by atoms with Crippen LogP contribution in [0.2, 0.25) is 0 Å². The van der Waals surface area contributed by atoms with Crippen LogP contribution in [-0.2, 0) is 4.74 Å². The highest BCUT2D eigenvalue weighted by Crippen LogP contribution is 2.28. The first kappa shape index (κ1) is 16.4. The normalized spacial score (nSPS) is 18.2. The van der Waals surface area contributed by atoms with Crippen molar-refractivity contribution in [1.29, 1.82) is 0 Å². The van der Waals surface area contributed by atoms with Crippen LogP contribution in [0.5, 0.6) is 5.75 Å². The van der Waals surface area contributed by atoms with Crippen LogP contribution < -0.4 is 10.1 Å². The Kier molecular flexibility index (Phi) is 5.04. The molecule has 0 aliphatic carbocycles. The van der Waals surface area contributed by atoms with Gasteiger partial charge in [-0.2, -0.15) is 17.6 Å². The lowest BCUT2D eigenvalue weighted by Crippen LogP contribution is -2.33. The summed E-state index contributed by atoms with van der Waals surface area (Å²) in [6.45, 7) is 0.117. The lowest BCUT2D eigenvalue weighted by atomic mass is 10.1. The highest BCUT2D eigenvalue weighted by Gasteiger charge is 2.43. The van der Waals surface area contributed by atoms with E-state index in [1.54, 1.807) is 0 Å². The second-order valence-corrected chi connectivity index (χ2v) is 3.83. The van der Waals surface area contributed by atoms with Gasteiger partial charge in [0.05, 0.1) is 6.04 Å². The minimum absolute atomic E-state index is 0. The van der Waals surface area contributed by atoms with Crippen molar-refractivity contribution in [2.45, 2.75) is 18.6 Å². The van der Waals surface area contributed by atoms with Crippen LogP contribution in [0, 0.1) is 0 Å². The molecular formula is C11H10ClF4NO3. The van der Waals surface area contributed by atoms with Gasteiger partial charge in [-0.1, -0.05) is 12.1 Å². The number of carbonyl (C=O) groups excluding carboxylic acids is 1. The quantitative estimate of drug-likeness (QED) is 0.868. The molecule has 112 valence electrons. The van der Waals surface area contributed by atoms with Gasteiger partial charge < -0.3 is 14.8 Å². The Hall–Kier alpha value is -1.70. The van der Waals surface area contributed by atoms with Gasteiger partial charge >= 0.3 is 18.6 Å². The monoisotopic (exact) mass is 315 g/mol. The van der Waals surface area contributed by atoms with Crippen molar-refractivity contribution in [3.63, 3.8) is 0 Å². The molecule has 20 heavy (non-hydrogen) atoms. The molecule has 1 saturated heterocycles. The van der Waals surface area contributed by atoms with Gasteiger partial charge in [-0.3, -0.25) is 0 Å². The highest BCUT2D eigenvalue weighted by atomic mass is 35.5. The van der Waals surface area contributed by atoms with Gasteiger partial charge in [0.15, 0.2) is 0 Å². The molecule has 1 aliphatic heterocycles. The Morgan fingerprint density at radius 3 is 2.35 bits per heavy atom. The molecule has 0 saturated carbocycles.